The SMILES string of the molecule is Cc1cc(C(=O)N[C@@H](CCC(=O)O)C(=O)NCCC(=O)NCCCO[C@H]2CC[C@@]3(C)C(=CC[C@H]4[C@@H]5CC[C@H]([C@H](C)CCCC(C)C)[C@@]5(C)CC[C@@H]43)C2)ccc1-c1c2cc(F)c(=O)cc-2oc2cc(O)c(F)cc12. The molecule has 3 saturated carbocycles. The van der Waals surface area contributed by atoms with E-state index in [-0.39, 0.29) is 70.2 Å². The molecule has 12 nitrogen and oxygen atoms in total. The summed E-state index contributed by atoms with van der Waals surface area (Å²) in [6.45, 7) is 15.0. The maximum atomic E-state index is 14.7. The number of carboxylic acid groups (broad SMARTS) is 1. The number of amides is 3. The average molecular weight is 1010 g/mol. The van der Waals surface area contributed by atoms with Gasteiger partial charge in [0, 0.05) is 66.7 Å². The van der Waals surface area contributed by atoms with Crippen LogP contribution in [0.2, 0.25) is 0 Å². The molecule has 9 atom stereocenters. The summed E-state index contributed by atoms with van der Waals surface area (Å²) in [7, 11) is 0. The summed E-state index contributed by atoms with van der Waals surface area (Å²) < 4.78 is 41.5. The van der Waals surface area contributed by atoms with E-state index >= 15 is 0 Å². The number of ether oxygens (including phenoxy) is 1. The third-order valence-electron chi connectivity index (χ3n) is 17.8. The molecule has 0 unspecified atom stereocenters. The Morgan fingerprint density at radius 2 is 1.66 bits per heavy atom. The van der Waals surface area contributed by atoms with E-state index in [1.165, 1.54) is 63.5 Å². The monoisotopic (exact) mass is 1010 g/mol. The molecule has 8 rings (SSSR count). The Morgan fingerprint density at radius 1 is 0.863 bits per heavy atom. The number of rotatable bonds is 20. The van der Waals surface area contributed by atoms with Gasteiger partial charge in [-0.2, -0.15) is 0 Å². The van der Waals surface area contributed by atoms with Gasteiger partial charge in [0.15, 0.2) is 17.4 Å². The number of aromatic hydroxyl groups is 1. The number of carboxylic acids is 1. The molecule has 0 aromatic heterocycles. The second-order valence-electron chi connectivity index (χ2n) is 22.8. The van der Waals surface area contributed by atoms with Crippen molar-refractivity contribution in [2.75, 3.05) is 19.7 Å². The van der Waals surface area contributed by atoms with Crippen molar-refractivity contribution in [2.24, 2.45) is 46.3 Å². The molecule has 394 valence electrons. The van der Waals surface area contributed by atoms with E-state index in [1.807, 2.05) is 0 Å². The minimum atomic E-state index is -1.24. The van der Waals surface area contributed by atoms with Crippen LogP contribution in [0, 0.1) is 64.9 Å². The molecule has 0 spiro atoms. The van der Waals surface area contributed by atoms with E-state index in [2.05, 4.69) is 56.6 Å². The van der Waals surface area contributed by atoms with Gasteiger partial charge in [-0.15, -0.1) is 0 Å². The van der Waals surface area contributed by atoms with Crippen molar-refractivity contribution in [3.63, 3.8) is 0 Å². The number of aryl methyl sites for hydroxylation is 1. The van der Waals surface area contributed by atoms with Gasteiger partial charge in [-0.1, -0.05) is 71.6 Å². The predicted molar refractivity (Wildman–Crippen MR) is 277 cm³/mol. The zero-order chi connectivity index (χ0) is 52.4. The number of carbonyl (C=O) groups excluding carboxylic acids is 3. The molecule has 0 saturated heterocycles. The summed E-state index contributed by atoms with van der Waals surface area (Å²) in [5, 5.41) is 27.8. The van der Waals surface area contributed by atoms with E-state index < -0.39 is 53.1 Å². The molecular formula is C59H75F2N3O9. The molecule has 1 aliphatic heterocycles. The molecule has 14 heteroatoms. The Bertz CT molecular complexity index is 2770. The molecule has 5 N–H and O–H groups in total. The summed E-state index contributed by atoms with van der Waals surface area (Å²) in [6.07, 6.45) is 16.7. The standard InChI is InChI=1S/C59H75F2N3O9/c1-33(2)9-7-10-34(3)43-15-16-44-40-14-12-37-28-38(19-22-58(37,5)45(40)20-23-59(43,44)6)72-26-8-24-62-53(67)21-25-63-57(71)48(17-18-54(68)69)64-56(70)36-11-13-39(35(4)27-36)55-41-29-46(60)49(65)31-51(41)73-52-32-50(66)47(61)30-42(52)55/h11-13,27,29-34,38,40,43-45,48,65H,7-10,14-26,28H2,1-6H3,(H,62,67)(H,63,71)(H,64,70)(H,68,69)/t34-,38+,40+,43-,44+,45+,48+,58+,59-/m1/s1. The fraction of sp³-hybridized carbons (Fsp3) is 0.576. The molecule has 1 heterocycles. The minimum Gasteiger partial charge on any atom is -0.505 e. The number of hydrogen-bond acceptors (Lipinski definition) is 8. The Balaban J connectivity index is 0.789. The number of phenolic OH excluding ortho intramolecular Hbond substituents is 1. The van der Waals surface area contributed by atoms with Gasteiger partial charge in [0.25, 0.3) is 5.91 Å². The van der Waals surface area contributed by atoms with E-state index in [0.717, 1.165) is 79.0 Å². The Labute approximate surface area is 427 Å². The van der Waals surface area contributed by atoms with Gasteiger partial charge in [0.05, 0.1) is 6.10 Å². The maximum absolute atomic E-state index is 14.7. The Morgan fingerprint density at radius 3 is 2.41 bits per heavy atom. The van der Waals surface area contributed by atoms with Gasteiger partial charge in [-0.25, -0.2) is 8.78 Å². The summed E-state index contributed by atoms with van der Waals surface area (Å²) in [5.41, 5.74) is 2.90. The number of fused-ring (bicyclic) bond motifs is 7. The van der Waals surface area contributed by atoms with Crippen LogP contribution < -0.4 is 21.4 Å². The maximum Gasteiger partial charge on any atom is 0.303 e. The van der Waals surface area contributed by atoms with Gasteiger partial charge in [-0.3, -0.25) is 24.0 Å². The fourth-order valence-electron chi connectivity index (χ4n) is 13.9. The molecule has 0 radical (unpaired) electrons. The van der Waals surface area contributed by atoms with Crippen molar-refractivity contribution in [3.05, 3.63) is 87.1 Å². The zero-order valence-corrected chi connectivity index (χ0v) is 43.5. The van der Waals surface area contributed by atoms with E-state index in [1.54, 1.807) is 18.6 Å². The minimum absolute atomic E-state index is 0.00650. The van der Waals surface area contributed by atoms with Crippen molar-refractivity contribution in [1.82, 2.24) is 16.0 Å². The molecule has 0 bridgehead atoms. The van der Waals surface area contributed by atoms with Crippen molar-refractivity contribution < 1.29 is 47.3 Å². The highest BCUT2D eigenvalue weighted by atomic mass is 19.1. The highest BCUT2D eigenvalue weighted by molar-refractivity contribution is 6.04. The number of allylic oxidation sites excluding steroid dienone is 1. The molecule has 3 fully saturated rings. The van der Waals surface area contributed by atoms with Gasteiger partial charge >= 0.3 is 5.97 Å². The van der Waals surface area contributed by atoms with E-state index in [9.17, 15) is 43.0 Å². The molecular weight excluding hydrogens is 933 g/mol. The number of phenols is 1. The highest BCUT2D eigenvalue weighted by Gasteiger charge is 2.59. The lowest BCUT2D eigenvalue weighted by molar-refractivity contribution is -0.137. The normalized spacial score (nSPS) is 25.3. The first-order chi connectivity index (χ1) is 34.8. The lowest BCUT2D eigenvalue weighted by atomic mass is 9.47. The first kappa shape index (κ1) is 53.7. The van der Waals surface area contributed by atoms with Crippen molar-refractivity contribution in [2.45, 2.75) is 150 Å². The summed E-state index contributed by atoms with van der Waals surface area (Å²) >= 11 is 0. The number of benzene rings is 3. The molecule has 2 aromatic carbocycles. The van der Waals surface area contributed by atoms with Crippen LogP contribution in [0.3, 0.4) is 0 Å². The number of halogens is 2. The number of aliphatic carboxylic acids is 1. The van der Waals surface area contributed by atoms with Crippen LogP contribution in [0.5, 0.6) is 5.75 Å². The van der Waals surface area contributed by atoms with Crippen LogP contribution in [0.25, 0.3) is 33.4 Å². The zero-order valence-electron chi connectivity index (χ0n) is 43.5. The average Bonchev–Trinajstić information content (AvgIpc) is 3.70. The summed E-state index contributed by atoms with van der Waals surface area (Å²) in [5.74, 6) is -0.644. The number of hydrogen-bond donors (Lipinski definition) is 5. The lowest BCUT2D eigenvalue weighted by Gasteiger charge is -2.58. The topological polar surface area (TPSA) is 184 Å². The van der Waals surface area contributed by atoms with Gasteiger partial charge < -0.3 is 35.3 Å². The van der Waals surface area contributed by atoms with Crippen molar-refractivity contribution >= 4 is 34.7 Å². The first-order valence-corrected chi connectivity index (χ1v) is 26.8. The Hall–Kier alpha value is -5.63. The van der Waals surface area contributed by atoms with E-state index in [4.69, 9.17) is 9.15 Å². The quantitative estimate of drug-likeness (QED) is 0.0327. The molecule has 3 amide bonds. The second-order valence-corrected chi connectivity index (χ2v) is 22.8. The second kappa shape index (κ2) is 22.5. The van der Waals surface area contributed by atoms with Crippen molar-refractivity contribution in [1.29, 1.82) is 0 Å². The Kier molecular flexibility index (Phi) is 16.5. The van der Waals surface area contributed by atoms with Crippen LogP contribution in [-0.4, -0.2) is 65.7 Å². The molecule has 2 aromatic rings. The molecule has 5 aliphatic carbocycles. The summed E-state index contributed by atoms with van der Waals surface area (Å²) in [6, 6.07) is 7.28. The third-order valence-corrected chi connectivity index (χ3v) is 17.8. The molecule has 73 heavy (non-hydrogen) atoms. The summed E-state index contributed by atoms with van der Waals surface area (Å²) in [4.78, 5) is 63.4. The molecule has 6 aliphatic rings. The first-order valence-electron chi connectivity index (χ1n) is 26.8. The van der Waals surface area contributed by atoms with Crippen LogP contribution in [-0.2, 0) is 19.1 Å². The van der Waals surface area contributed by atoms with Crippen LogP contribution in [0.15, 0.2) is 63.3 Å². The fourth-order valence-corrected chi connectivity index (χ4v) is 13.9. The van der Waals surface area contributed by atoms with Gasteiger partial charge in [0.2, 0.25) is 17.2 Å². The van der Waals surface area contributed by atoms with E-state index in [0.29, 0.717) is 36.1 Å². The van der Waals surface area contributed by atoms with Crippen LogP contribution >= 0.6 is 0 Å². The van der Waals surface area contributed by atoms with Gasteiger partial charge in [-0.05, 0) is 153 Å². The van der Waals surface area contributed by atoms with Gasteiger partial charge in [0.1, 0.15) is 17.4 Å². The smallest absolute Gasteiger partial charge is 0.303 e. The largest absolute Gasteiger partial charge is 0.505 e. The highest BCUT2D eigenvalue weighted by Crippen LogP contribution is 2.67. The lowest BCUT2D eigenvalue weighted by Crippen LogP contribution is -2.51. The predicted octanol–water partition coefficient (Wildman–Crippen LogP) is 11.3. The third kappa shape index (κ3) is 11.5. The number of carbonyl (C=O) groups is 4. The van der Waals surface area contributed by atoms with Crippen molar-refractivity contribution in [3.8, 4) is 28.2 Å². The van der Waals surface area contributed by atoms with Crippen LogP contribution in [0.4, 0.5) is 8.78 Å². The number of nitrogens with one attached hydrogen (secondary N) is 3. The van der Waals surface area contributed by atoms with Crippen LogP contribution in [0.1, 0.15) is 147 Å².